The van der Waals surface area contributed by atoms with Gasteiger partial charge in [0.2, 0.25) is 0 Å². The van der Waals surface area contributed by atoms with Gasteiger partial charge in [-0.05, 0) is 11.6 Å². The molecule has 0 aliphatic heterocycles. The SMILES string of the molecule is Cn1c(=O)c2c(-c3cccc([N+](=O)[O-])c3)cc[nH+]c2n(C)c1=O. The number of nitro groups is 1. The quantitative estimate of drug-likeness (QED) is 0.511. The molecule has 0 amide bonds. The second-order valence-electron chi connectivity index (χ2n) is 5.13. The molecule has 0 radical (unpaired) electrons. The number of fused-ring (bicyclic) bond motifs is 1. The van der Waals surface area contributed by atoms with Crippen molar-refractivity contribution in [1.82, 2.24) is 9.13 Å². The normalized spacial score (nSPS) is 10.9. The predicted octanol–water partition coefficient (Wildman–Crippen LogP) is 0.626. The number of hydrogen-bond acceptors (Lipinski definition) is 4. The minimum Gasteiger partial charge on any atom is -0.268 e. The number of pyridine rings is 1. The Kier molecular flexibility index (Phi) is 3.29. The maximum atomic E-state index is 12.5. The van der Waals surface area contributed by atoms with Crippen LogP contribution in [-0.2, 0) is 14.1 Å². The Bertz CT molecular complexity index is 1070. The summed E-state index contributed by atoms with van der Waals surface area (Å²) in [5, 5.41) is 11.3. The molecule has 0 fully saturated rings. The van der Waals surface area contributed by atoms with Crippen molar-refractivity contribution >= 4 is 16.7 Å². The van der Waals surface area contributed by atoms with Crippen molar-refractivity contribution in [3.8, 4) is 11.1 Å². The van der Waals surface area contributed by atoms with Crippen molar-refractivity contribution in [3.63, 3.8) is 0 Å². The molecule has 23 heavy (non-hydrogen) atoms. The topological polar surface area (TPSA) is 101 Å². The third-order valence-electron chi connectivity index (χ3n) is 3.77. The van der Waals surface area contributed by atoms with Gasteiger partial charge in [-0.15, -0.1) is 0 Å². The lowest BCUT2D eigenvalue weighted by atomic mass is 10.0. The first kappa shape index (κ1) is 14.6. The zero-order valence-electron chi connectivity index (χ0n) is 12.4. The number of hydrogen-bond donors (Lipinski definition) is 0. The molecule has 0 bridgehead atoms. The summed E-state index contributed by atoms with van der Waals surface area (Å²) in [7, 11) is 2.95. The highest BCUT2D eigenvalue weighted by Gasteiger charge is 2.20. The van der Waals surface area contributed by atoms with Crippen LogP contribution in [0.5, 0.6) is 0 Å². The van der Waals surface area contributed by atoms with Gasteiger partial charge in [0.25, 0.3) is 16.9 Å². The zero-order valence-corrected chi connectivity index (χ0v) is 12.4. The molecule has 0 atom stereocenters. The highest BCUT2D eigenvalue weighted by atomic mass is 16.6. The Balaban J connectivity index is 2.45. The lowest BCUT2D eigenvalue weighted by molar-refractivity contribution is -0.384. The number of H-pyrrole nitrogens is 1. The van der Waals surface area contributed by atoms with Crippen LogP contribution in [0.3, 0.4) is 0 Å². The van der Waals surface area contributed by atoms with Gasteiger partial charge in [0.1, 0.15) is 5.39 Å². The van der Waals surface area contributed by atoms with Crippen molar-refractivity contribution in [1.29, 1.82) is 0 Å². The Morgan fingerprint density at radius 2 is 1.87 bits per heavy atom. The number of aromatic amines is 1. The van der Waals surface area contributed by atoms with Gasteiger partial charge < -0.3 is 0 Å². The van der Waals surface area contributed by atoms with Crippen LogP contribution in [-0.4, -0.2) is 14.1 Å². The van der Waals surface area contributed by atoms with Crippen LogP contribution >= 0.6 is 0 Å². The number of benzene rings is 1. The number of non-ortho nitro benzene ring substituents is 1. The molecule has 116 valence electrons. The van der Waals surface area contributed by atoms with E-state index in [0.717, 1.165) is 4.57 Å². The number of aromatic nitrogens is 3. The van der Waals surface area contributed by atoms with Crippen LogP contribution in [0.4, 0.5) is 5.69 Å². The van der Waals surface area contributed by atoms with Crippen LogP contribution in [0.1, 0.15) is 0 Å². The Hall–Kier alpha value is -3.29. The van der Waals surface area contributed by atoms with Crippen LogP contribution in [0.25, 0.3) is 22.2 Å². The molecule has 8 nitrogen and oxygen atoms in total. The summed E-state index contributed by atoms with van der Waals surface area (Å²) < 4.78 is 2.34. The molecule has 0 aliphatic carbocycles. The molecular formula is C15H13N4O4+. The van der Waals surface area contributed by atoms with E-state index in [1.54, 1.807) is 31.4 Å². The first-order valence-electron chi connectivity index (χ1n) is 6.77. The van der Waals surface area contributed by atoms with E-state index in [4.69, 9.17) is 0 Å². The third kappa shape index (κ3) is 2.20. The molecule has 8 heteroatoms. The fourth-order valence-corrected chi connectivity index (χ4v) is 2.57. The average molecular weight is 313 g/mol. The van der Waals surface area contributed by atoms with Crippen molar-refractivity contribution in [3.05, 3.63) is 67.5 Å². The van der Waals surface area contributed by atoms with Crippen molar-refractivity contribution in [2.75, 3.05) is 0 Å². The number of nitro benzene ring substituents is 1. The van der Waals surface area contributed by atoms with Crippen molar-refractivity contribution in [2.24, 2.45) is 14.1 Å². The minimum absolute atomic E-state index is 0.0647. The van der Waals surface area contributed by atoms with E-state index >= 15 is 0 Å². The van der Waals surface area contributed by atoms with E-state index in [2.05, 4.69) is 4.98 Å². The van der Waals surface area contributed by atoms with Crippen LogP contribution < -0.4 is 16.2 Å². The van der Waals surface area contributed by atoms with Crippen LogP contribution in [0.2, 0.25) is 0 Å². The molecule has 0 saturated carbocycles. The van der Waals surface area contributed by atoms with E-state index in [1.807, 2.05) is 0 Å². The monoisotopic (exact) mass is 313 g/mol. The second kappa shape index (κ2) is 5.16. The first-order valence-corrected chi connectivity index (χ1v) is 6.77. The van der Waals surface area contributed by atoms with Gasteiger partial charge >= 0.3 is 5.69 Å². The number of nitrogens with one attached hydrogen (secondary N) is 1. The zero-order chi connectivity index (χ0) is 16.7. The first-order chi connectivity index (χ1) is 10.9. The average Bonchev–Trinajstić information content (AvgIpc) is 2.57. The molecule has 3 rings (SSSR count). The smallest absolute Gasteiger partial charge is 0.268 e. The lowest BCUT2D eigenvalue weighted by Gasteiger charge is -2.06. The standard InChI is InChI=1S/C15H12N4O4/c1-17-13-12(14(20)18(2)15(17)21)11(6-7-16-13)9-4-3-5-10(8-9)19(22)23/h3-8H,1-2H3/p+1. The molecule has 3 aromatic rings. The molecule has 0 unspecified atom stereocenters. The highest BCUT2D eigenvalue weighted by molar-refractivity contribution is 5.90. The Morgan fingerprint density at radius 3 is 2.57 bits per heavy atom. The molecule has 2 aromatic heterocycles. The molecule has 1 N–H and O–H groups in total. The third-order valence-corrected chi connectivity index (χ3v) is 3.77. The van der Waals surface area contributed by atoms with E-state index in [0.29, 0.717) is 22.2 Å². The molecule has 2 heterocycles. The fourth-order valence-electron chi connectivity index (χ4n) is 2.57. The lowest BCUT2D eigenvalue weighted by Crippen LogP contribution is -2.39. The maximum absolute atomic E-state index is 12.5. The molecule has 0 spiro atoms. The van der Waals surface area contributed by atoms with E-state index in [1.165, 1.54) is 23.7 Å². The van der Waals surface area contributed by atoms with Gasteiger partial charge in [0.05, 0.1) is 18.2 Å². The summed E-state index contributed by atoms with van der Waals surface area (Å²) in [6.07, 6.45) is 1.59. The maximum Gasteiger partial charge on any atom is 0.417 e. The highest BCUT2D eigenvalue weighted by Crippen LogP contribution is 2.26. The van der Waals surface area contributed by atoms with Gasteiger partial charge in [-0.25, -0.2) is 14.3 Å². The summed E-state index contributed by atoms with van der Waals surface area (Å²) in [5.74, 6) is 0. The van der Waals surface area contributed by atoms with E-state index in [9.17, 15) is 19.7 Å². The molecule has 0 saturated heterocycles. The number of nitrogens with zero attached hydrogens (tertiary/aromatic N) is 3. The van der Waals surface area contributed by atoms with Gasteiger partial charge in [-0.2, -0.15) is 4.57 Å². The number of aryl methyl sites for hydroxylation is 1. The fraction of sp³-hybridized carbons (Fsp3) is 0.133. The van der Waals surface area contributed by atoms with Crippen LogP contribution in [0, 0.1) is 10.1 Å². The van der Waals surface area contributed by atoms with Crippen LogP contribution in [0.15, 0.2) is 46.1 Å². The van der Waals surface area contributed by atoms with E-state index < -0.39 is 16.2 Å². The Labute approximate surface area is 129 Å². The largest absolute Gasteiger partial charge is 0.417 e. The summed E-state index contributed by atoms with van der Waals surface area (Å²) in [6.45, 7) is 0. The second-order valence-corrected chi connectivity index (χ2v) is 5.13. The van der Waals surface area contributed by atoms with Gasteiger partial charge in [0, 0.05) is 24.7 Å². The van der Waals surface area contributed by atoms with Gasteiger partial charge in [-0.1, -0.05) is 12.1 Å². The van der Waals surface area contributed by atoms with Gasteiger partial charge in [0.15, 0.2) is 0 Å². The molecule has 0 aliphatic rings. The van der Waals surface area contributed by atoms with Crippen molar-refractivity contribution in [2.45, 2.75) is 0 Å². The van der Waals surface area contributed by atoms with Gasteiger partial charge in [-0.3, -0.25) is 14.9 Å². The molecule has 1 aromatic carbocycles. The van der Waals surface area contributed by atoms with Crippen molar-refractivity contribution < 1.29 is 9.91 Å². The summed E-state index contributed by atoms with van der Waals surface area (Å²) in [5.41, 5.74) is 0.455. The minimum atomic E-state index is -0.491. The number of rotatable bonds is 2. The summed E-state index contributed by atoms with van der Waals surface area (Å²) >= 11 is 0. The molecular weight excluding hydrogens is 300 g/mol. The predicted molar refractivity (Wildman–Crippen MR) is 83.1 cm³/mol. The summed E-state index contributed by atoms with van der Waals surface area (Å²) in [6, 6.07) is 7.69. The Morgan fingerprint density at radius 1 is 1.13 bits per heavy atom. The van der Waals surface area contributed by atoms with E-state index in [-0.39, 0.29) is 5.69 Å². The summed E-state index contributed by atoms with van der Waals surface area (Å²) in [4.78, 5) is 37.9.